The van der Waals surface area contributed by atoms with Gasteiger partial charge in [0.05, 0.1) is 5.69 Å². The van der Waals surface area contributed by atoms with E-state index in [0.29, 0.717) is 0 Å². The van der Waals surface area contributed by atoms with Gasteiger partial charge in [-0.2, -0.15) is 0 Å². The lowest BCUT2D eigenvalue weighted by molar-refractivity contribution is 1.37. The lowest BCUT2D eigenvalue weighted by Gasteiger charge is -2.18. The summed E-state index contributed by atoms with van der Waals surface area (Å²) >= 11 is 0. The van der Waals surface area contributed by atoms with E-state index in [4.69, 9.17) is 4.98 Å². The highest BCUT2D eigenvalue weighted by Gasteiger charge is 2.19. The van der Waals surface area contributed by atoms with E-state index < -0.39 is 0 Å². The van der Waals surface area contributed by atoms with E-state index in [1.54, 1.807) is 0 Å². The SMILES string of the molecule is c1ccc(-c2c3ccccc3c(-c3nccc4c(-c5ccc6ccccc6c5)cccc34)c3ccccc23)cc1. The average Bonchev–Trinajstić information content (AvgIpc) is 3.03. The van der Waals surface area contributed by atoms with Crippen molar-refractivity contribution in [2.45, 2.75) is 0 Å². The summed E-state index contributed by atoms with van der Waals surface area (Å²) < 4.78 is 0. The summed E-state index contributed by atoms with van der Waals surface area (Å²) in [4.78, 5) is 5.06. The lowest BCUT2D eigenvalue weighted by atomic mass is 9.86. The fraction of sp³-hybridized carbons (Fsp3) is 0. The molecule has 186 valence electrons. The van der Waals surface area contributed by atoms with Crippen LogP contribution in [0.2, 0.25) is 0 Å². The monoisotopic (exact) mass is 507 g/mol. The second kappa shape index (κ2) is 9.18. The summed E-state index contributed by atoms with van der Waals surface area (Å²) in [7, 11) is 0. The quantitative estimate of drug-likeness (QED) is 0.217. The topological polar surface area (TPSA) is 12.9 Å². The van der Waals surface area contributed by atoms with Gasteiger partial charge in [-0.3, -0.25) is 4.98 Å². The molecule has 0 saturated heterocycles. The molecule has 1 heterocycles. The normalized spacial score (nSPS) is 11.5. The molecule has 8 rings (SSSR count). The fourth-order valence-electron chi connectivity index (χ4n) is 6.31. The third-order valence-electron chi connectivity index (χ3n) is 8.10. The molecule has 0 saturated carbocycles. The van der Waals surface area contributed by atoms with Crippen molar-refractivity contribution >= 4 is 43.1 Å². The summed E-state index contributed by atoms with van der Waals surface area (Å²) in [5.41, 5.74) is 7.15. The molecule has 0 amide bonds. The van der Waals surface area contributed by atoms with Gasteiger partial charge in [-0.1, -0.05) is 133 Å². The molecule has 0 aliphatic rings. The Morgan fingerprint density at radius 3 is 1.68 bits per heavy atom. The molecule has 1 aromatic heterocycles. The minimum Gasteiger partial charge on any atom is -0.256 e. The molecular weight excluding hydrogens is 482 g/mol. The summed E-state index contributed by atoms with van der Waals surface area (Å²) in [6.45, 7) is 0. The van der Waals surface area contributed by atoms with E-state index >= 15 is 0 Å². The molecule has 0 N–H and O–H groups in total. The van der Waals surface area contributed by atoms with Crippen molar-refractivity contribution in [1.82, 2.24) is 4.98 Å². The number of benzene rings is 7. The van der Waals surface area contributed by atoms with Crippen LogP contribution in [0.15, 0.2) is 152 Å². The molecular formula is C39H25N. The molecule has 0 fully saturated rings. The van der Waals surface area contributed by atoms with Gasteiger partial charge in [-0.05, 0) is 72.1 Å². The summed E-state index contributed by atoms with van der Waals surface area (Å²) in [5.74, 6) is 0. The van der Waals surface area contributed by atoms with Crippen LogP contribution in [0.4, 0.5) is 0 Å². The van der Waals surface area contributed by atoms with Crippen LogP contribution in [0.1, 0.15) is 0 Å². The number of hydrogen-bond donors (Lipinski definition) is 0. The number of aromatic nitrogens is 1. The Labute approximate surface area is 233 Å². The van der Waals surface area contributed by atoms with Gasteiger partial charge in [-0.15, -0.1) is 0 Å². The lowest BCUT2D eigenvalue weighted by Crippen LogP contribution is -1.94. The van der Waals surface area contributed by atoms with Gasteiger partial charge in [0.1, 0.15) is 0 Å². The Morgan fingerprint density at radius 2 is 0.950 bits per heavy atom. The van der Waals surface area contributed by atoms with Crippen LogP contribution < -0.4 is 0 Å². The van der Waals surface area contributed by atoms with E-state index in [0.717, 1.165) is 11.1 Å². The van der Waals surface area contributed by atoms with Crippen LogP contribution in [0.3, 0.4) is 0 Å². The molecule has 40 heavy (non-hydrogen) atoms. The second-order valence-corrected chi connectivity index (χ2v) is 10.3. The summed E-state index contributed by atoms with van der Waals surface area (Å²) in [6, 6.07) is 52.4. The zero-order valence-electron chi connectivity index (χ0n) is 21.9. The maximum Gasteiger partial charge on any atom is 0.0792 e. The maximum atomic E-state index is 5.06. The van der Waals surface area contributed by atoms with Crippen molar-refractivity contribution in [2.75, 3.05) is 0 Å². The summed E-state index contributed by atoms with van der Waals surface area (Å²) in [5, 5.41) is 9.80. The van der Waals surface area contributed by atoms with Crippen molar-refractivity contribution in [1.29, 1.82) is 0 Å². The number of nitrogens with zero attached hydrogens (tertiary/aromatic N) is 1. The molecule has 0 aliphatic carbocycles. The predicted molar refractivity (Wildman–Crippen MR) is 171 cm³/mol. The third-order valence-corrected chi connectivity index (χ3v) is 8.10. The number of fused-ring (bicyclic) bond motifs is 4. The van der Waals surface area contributed by atoms with Gasteiger partial charge in [0, 0.05) is 17.1 Å². The van der Waals surface area contributed by atoms with Crippen molar-refractivity contribution in [2.24, 2.45) is 0 Å². The third kappa shape index (κ3) is 3.52. The molecule has 7 aromatic carbocycles. The average molecular weight is 508 g/mol. The first-order valence-corrected chi connectivity index (χ1v) is 13.7. The van der Waals surface area contributed by atoms with Crippen molar-refractivity contribution < 1.29 is 0 Å². The predicted octanol–water partition coefficient (Wildman–Crippen LogP) is 10.7. The molecule has 8 aromatic rings. The smallest absolute Gasteiger partial charge is 0.0792 e. The van der Waals surface area contributed by atoms with Crippen molar-refractivity contribution in [3.8, 4) is 33.5 Å². The van der Waals surface area contributed by atoms with E-state index in [1.165, 1.54) is 65.5 Å². The molecule has 1 heteroatoms. The fourth-order valence-corrected chi connectivity index (χ4v) is 6.31. The Bertz CT molecular complexity index is 2150. The van der Waals surface area contributed by atoms with Crippen LogP contribution in [0.5, 0.6) is 0 Å². The number of rotatable bonds is 3. The first kappa shape index (κ1) is 22.7. The van der Waals surface area contributed by atoms with Crippen LogP contribution >= 0.6 is 0 Å². The standard InChI is InChI=1S/C39H25N/c1-2-12-27(13-3-1)37-32-15-6-8-17-34(32)38(35-18-9-7-16-33(35)37)39-36-20-10-19-30(31(36)23-24-40-39)29-22-21-26-11-4-5-14-28(26)25-29/h1-25H. The highest BCUT2D eigenvalue weighted by Crippen LogP contribution is 2.45. The maximum absolute atomic E-state index is 5.06. The first-order chi connectivity index (χ1) is 19.9. The Morgan fingerprint density at radius 1 is 0.350 bits per heavy atom. The van der Waals surface area contributed by atoms with Crippen LogP contribution in [-0.4, -0.2) is 4.98 Å². The molecule has 0 spiro atoms. The molecule has 0 atom stereocenters. The zero-order chi connectivity index (χ0) is 26.5. The van der Waals surface area contributed by atoms with Crippen LogP contribution in [-0.2, 0) is 0 Å². The molecule has 0 bridgehead atoms. The molecule has 1 nitrogen and oxygen atoms in total. The largest absolute Gasteiger partial charge is 0.256 e. The number of pyridine rings is 1. The van der Waals surface area contributed by atoms with Gasteiger partial charge in [0.25, 0.3) is 0 Å². The zero-order valence-corrected chi connectivity index (χ0v) is 21.9. The molecule has 0 unspecified atom stereocenters. The first-order valence-electron chi connectivity index (χ1n) is 13.7. The Balaban J connectivity index is 1.45. The van der Waals surface area contributed by atoms with E-state index in [-0.39, 0.29) is 0 Å². The van der Waals surface area contributed by atoms with Crippen LogP contribution in [0.25, 0.3) is 76.6 Å². The van der Waals surface area contributed by atoms with Crippen LogP contribution in [0, 0.1) is 0 Å². The highest BCUT2D eigenvalue weighted by atomic mass is 14.7. The number of hydrogen-bond acceptors (Lipinski definition) is 1. The Kier molecular flexibility index (Phi) is 5.21. The second-order valence-electron chi connectivity index (χ2n) is 10.3. The highest BCUT2D eigenvalue weighted by molar-refractivity contribution is 6.23. The van der Waals surface area contributed by atoms with E-state index in [1.807, 2.05) is 6.20 Å². The van der Waals surface area contributed by atoms with Gasteiger partial charge < -0.3 is 0 Å². The van der Waals surface area contributed by atoms with Gasteiger partial charge in [-0.25, -0.2) is 0 Å². The van der Waals surface area contributed by atoms with Gasteiger partial charge in [0.2, 0.25) is 0 Å². The Hall–Kier alpha value is -5.27. The van der Waals surface area contributed by atoms with Crippen molar-refractivity contribution in [3.63, 3.8) is 0 Å². The van der Waals surface area contributed by atoms with Crippen molar-refractivity contribution in [3.05, 3.63) is 152 Å². The van der Waals surface area contributed by atoms with E-state index in [2.05, 4.69) is 146 Å². The van der Waals surface area contributed by atoms with E-state index in [9.17, 15) is 0 Å². The molecule has 0 radical (unpaired) electrons. The molecule has 0 aliphatic heterocycles. The minimum absolute atomic E-state index is 1.02. The minimum atomic E-state index is 1.02. The summed E-state index contributed by atoms with van der Waals surface area (Å²) in [6.07, 6.45) is 1.97. The van der Waals surface area contributed by atoms with Gasteiger partial charge >= 0.3 is 0 Å². The van der Waals surface area contributed by atoms with Gasteiger partial charge in [0.15, 0.2) is 0 Å².